The number of pyridine rings is 1. The van der Waals surface area contributed by atoms with Crippen LogP contribution in [0.1, 0.15) is 17.7 Å². The van der Waals surface area contributed by atoms with E-state index in [2.05, 4.69) is 4.98 Å². The van der Waals surface area contributed by atoms with Crippen LogP contribution in [0.25, 0.3) is 0 Å². The molecule has 0 radical (unpaired) electrons. The van der Waals surface area contributed by atoms with Gasteiger partial charge in [0.05, 0.1) is 0 Å². The third-order valence-electron chi connectivity index (χ3n) is 1.47. The number of nitrogens with two attached hydrogens (primary N) is 1. The second-order valence-corrected chi connectivity index (χ2v) is 2.67. The Morgan fingerprint density at radius 1 is 1.54 bits per heavy atom. The first-order valence-corrected chi connectivity index (χ1v) is 3.77. The number of hydrogen-bond acceptors (Lipinski definition) is 2. The van der Waals surface area contributed by atoms with Crippen molar-refractivity contribution in [3.8, 4) is 0 Å². The minimum atomic E-state index is -2.79. The summed E-state index contributed by atoms with van der Waals surface area (Å²) in [7, 11) is 0. The lowest BCUT2D eigenvalue weighted by molar-refractivity contribution is 0.144. The van der Waals surface area contributed by atoms with E-state index in [0.29, 0.717) is 0 Å². The minimum absolute atomic E-state index is 0.0306. The standard InChI is InChI=1S/C7H6ClF3N2/c8-6-4(9)1-3(2-12)5(13-6)7(10)11/h1,7H,2,12H2. The Labute approximate surface area is 77.5 Å². The molecule has 0 aliphatic rings. The van der Waals surface area contributed by atoms with Gasteiger partial charge in [-0.15, -0.1) is 0 Å². The molecule has 1 heterocycles. The molecule has 0 aliphatic heterocycles. The maximum atomic E-state index is 12.7. The molecule has 0 saturated heterocycles. The fraction of sp³-hybridized carbons (Fsp3) is 0.286. The number of nitrogens with zero attached hydrogens (tertiary/aromatic N) is 1. The average Bonchev–Trinajstić information content (AvgIpc) is 2.08. The molecule has 0 unspecified atom stereocenters. The van der Waals surface area contributed by atoms with Gasteiger partial charge >= 0.3 is 0 Å². The van der Waals surface area contributed by atoms with E-state index < -0.39 is 23.1 Å². The normalized spacial score (nSPS) is 10.9. The third kappa shape index (κ3) is 2.10. The van der Waals surface area contributed by atoms with Crippen molar-refractivity contribution in [2.45, 2.75) is 13.0 Å². The first-order valence-electron chi connectivity index (χ1n) is 3.39. The molecule has 6 heteroatoms. The molecule has 0 bridgehead atoms. The zero-order chi connectivity index (χ0) is 10.0. The Bertz CT molecular complexity index is 317. The van der Waals surface area contributed by atoms with E-state index in [4.69, 9.17) is 17.3 Å². The van der Waals surface area contributed by atoms with E-state index in [1.54, 1.807) is 0 Å². The lowest BCUT2D eigenvalue weighted by Gasteiger charge is -2.06. The third-order valence-corrected chi connectivity index (χ3v) is 1.74. The molecule has 0 fully saturated rings. The summed E-state index contributed by atoms with van der Waals surface area (Å²) in [4.78, 5) is 3.20. The van der Waals surface area contributed by atoms with Crippen molar-refractivity contribution >= 4 is 11.6 Å². The van der Waals surface area contributed by atoms with Gasteiger partial charge in [-0.05, 0) is 11.6 Å². The van der Waals surface area contributed by atoms with Gasteiger partial charge in [0.25, 0.3) is 6.43 Å². The summed E-state index contributed by atoms with van der Waals surface area (Å²) >= 11 is 5.23. The lowest BCUT2D eigenvalue weighted by atomic mass is 10.2. The number of hydrogen-bond donors (Lipinski definition) is 1. The molecule has 1 aromatic rings. The quantitative estimate of drug-likeness (QED) is 0.761. The van der Waals surface area contributed by atoms with Crippen LogP contribution in [0.4, 0.5) is 13.2 Å². The summed E-state index contributed by atoms with van der Waals surface area (Å²) in [5.41, 5.74) is 4.53. The van der Waals surface area contributed by atoms with Gasteiger partial charge in [-0.3, -0.25) is 0 Å². The topological polar surface area (TPSA) is 38.9 Å². The van der Waals surface area contributed by atoms with E-state index in [1.165, 1.54) is 0 Å². The van der Waals surface area contributed by atoms with Gasteiger partial charge in [-0.25, -0.2) is 18.2 Å². The molecule has 0 aliphatic carbocycles. The van der Waals surface area contributed by atoms with Gasteiger partial charge in [0.1, 0.15) is 5.69 Å². The smallest absolute Gasteiger partial charge is 0.280 e. The summed E-state index contributed by atoms with van der Waals surface area (Å²) < 4.78 is 37.2. The summed E-state index contributed by atoms with van der Waals surface area (Å²) in [6.45, 7) is -0.194. The minimum Gasteiger partial charge on any atom is -0.326 e. The molecule has 0 spiro atoms. The molecule has 0 saturated carbocycles. The van der Waals surface area contributed by atoms with Gasteiger partial charge in [0.2, 0.25) is 0 Å². The van der Waals surface area contributed by atoms with Crippen molar-refractivity contribution < 1.29 is 13.2 Å². The molecular formula is C7H6ClF3N2. The highest BCUT2D eigenvalue weighted by atomic mass is 35.5. The van der Waals surface area contributed by atoms with E-state index in [9.17, 15) is 13.2 Å². The molecule has 1 rings (SSSR count). The highest BCUT2D eigenvalue weighted by Gasteiger charge is 2.17. The van der Waals surface area contributed by atoms with Crippen LogP contribution in [0.15, 0.2) is 6.07 Å². The largest absolute Gasteiger partial charge is 0.326 e. The monoisotopic (exact) mass is 210 g/mol. The second-order valence-electron chi connectivity index (χ2n) is 2.31. The number of rotatable bonds is 2. The first-order chi connectivity index (χ1) is 6.06. The Balaban J connectivity index is 3.25. The Morgan fingerprint density at radius 2 is 2.15 bits per heavy atom. The van der Waals surface area contributed by atoms with Crippen LogP contribution in [0, 0.1) is 5.82 Å². The summed E-state index contributed by atoms with van der Waals surface area (Å²) in [6.07, 6.45) is -2.79. The molecular weight excluding hydrogens is 205 g/mol. The maximum Gasteiger partial charge on any atom is 0.280 e. The van der Waals surface area contributed by atoms with Crippen molar-refractivity contribution in [2.24, 2.45) is 5.73 Å². The molecule has 0 atom stereocenters. The van der Waals surface area contributed by atoms with Gasteiger partial charge in [-0.1, -0.05) is 11.6 Å². The highest BCUT2D eigenvalue weighted by molar-refractivity contribution is 6.29. The van der Waals surface area contributed by atoms with Crippen LogP contribution in [0.2, 0.25) is 5.15 Å². The molecule has 72 valence electrons. The van der Waals surface area contributed by atoms with Gasteiger partial charge in [-0.2, -0.15) is 0 Å². The average molecular weight is 211 g/mol. The van der Waals surface area contributed by atoms with Crippen LogP contribution in [-0.2, 0) is 6.54 Å². The predicted octanol–water partition coefficient (Wildman–Crippen LogP) is 2.27. The van der Waals surface area contributed by atoms with Crippen molar-refractivity contribution in [1.82, 2.24) is 4.98 Å². The zero-order valence-corrected chi connectivity index (χ0v) is 7.15. The zero-order valence-electron chi connectivity index (χ0n) is 6.40. The van der Waals surface area contributed by atoms with Crippen LogP contribution in [0.5, 0.6) is 0 Å². The fourth-order valence-electron chi connectivity index (χ4n) is 0.870. The SMILES string of the molecule is NCc1cc(F)c(Cl)nc1C(F)F. The summed E-state index contributed by atoms with van der Waals surface area (Å²) in [6, 6.07) is 0.872. The number of aromatic nitrogens is 1. The Hall–Kier alpha value is -0.810. The van der Waals surface area contributed by atoms with Crippen molar-refractivity contribution in [3.05, 3.63) is 28.3 Å². The van der Waals surface area contributed by atoms with Crippen LogP contribution >= 0.6 is 11.6 Å². The van der Waals surface area contributed by atoms with E-state index in [0.717, 1.165) is 6.07 Å². The molecule has 1 aromatic heterocycles. The van der Waals surface area contributed by atoms with Crippen molar-refractivity contribution in [2.75, 3.05) is 0 Å². The van der Waals surface area contributed by atoms with Gasteiger partial charge in [0.15, 0.2) is 11.0 Å². The van der Waals surface area contributed by atoms with Crippen molar-refractivity contribution in [1.29, 1.82) is 0 Å². The molecule has 0 aromatic carbocycles. The molecule has 2 nitrogen and oxygen atoms in total. The molecule has 0 amide bonds. The van der Waals surface area contributed by atoms with E-state index in [-0.39, 0.29) is 12.1 Å². The highest BCUT2D eigenvalue weighted by Crippen LogP contribution is 2.24. The van der Waals surface area contributed by atoms with Gasteiger partial charge in [0, 0.05) is 6.54 Å². The van der Waals surface area contributed by atoms with E-state index >= 15 is 0 Å². The Morgan fingerprint density at radius 3 is 2.62 bits per heavy atom. The summed E-state index contributed by atoms with van der Waals surface area (Å²) in [5, 5.41) is -0.562. The second kappa shape index (κ2) is 3.93. The fourth-order valence-corrected chi connectivity index (χ4v) is 1.02. The van der Waals surface area contributed by atoms with Crippen LogP contribution in [0.3, 0.4) is 0 Å². The molecule has 13 heavy (non-hydrogen) atoms. The van der Waals surface area contributed by atoms with Crippen molar-refractivity contribution in [3.63, 3.8) is 0 Å². The molecule has 2 N–H and O–H groups in total. The van der Waals surface area contributed by atoms with Crippen LogP contribution in [-0.4, -0.2) is 4.98 Å². The summed E-state index contributed by atoms with van der Waals surface area (Å²) in [5.74, 6) is -0.841. The predicted molar refractivity (Wildman–Crippen MR) is 42.1 cm³/mol. The first kappa shape index (κ1) is 10.3. The van der Waals surface area contributed by atoms with Gasteiger partial charge < -0.3 is 5.73 Å². The lowest BCUT2D eigenvalue weighted by Crippen LogP contribution is -2.06. The van der Waals surface area contributed by atoms with E-state index in [1.807, 2.05) is 0 Å². The number of halogens is 4. The maximum absolute atomic E-state index is 12.7. The Kier molecular flexibility index (Phi) is 3.11. The number of alkyl halides is 2. The van der Waals surface area contributed by atoms with Crippen LogP contribution < -0.4 is 5.73 Å².